The minimum absolute atomic E-state index is 0.441. The molecule has 0 aliphatic heterocycles. The molecule has 1 N–H and O–H groups in total. The standard InChI is InChI=1S/C27H28N4O2/c1-19-25(26(31-33-19)21-11-6-3-7-12-21)24-15-16-28-27(30-24)29-22-13-8-14-23(17-22)32-18-20-9-4-2-5-10-20/h2,4-5,8-10,13-17,21H,3,6-7,11-12,18H2,1H3,(H,28,29,30). The van der Waals surface area contributed by atoms with Crippen LogP contribution in [0, 0.1) is 6.92 Å². The summed E-state index contributed by atoms with van der Waals surface area (Å²) >= 11 is 0. The second-order valence-electron chi connectivity index (χ2n) is 8.53. The van der Waals surface area contributed by atoms with Gasteiger partial charge in [-0.3, -0.25) is 0 Å². The molecule has 0 radical (unpaired) electrons. The summed E-state index contributed by atoms with van der Waals surface area (Å²) in [6, 6.07) is 19.9. The summed E-state index contributed by atoms with van der Waals surface area (Å²) in [5, 5.41) is 7.72. The van der Waals surface area contributed by atoms with Crippen molar-refractivity contribution in [1.82, 2.24) is 15.1 Å². The Morgan fingerprint density at radius 3 is 2.70 bits per heavy atom. The lowest BCUT2D eigenvalue weighted by molar-refractivity contribution is 0.306. The van der Waals surface area contributed by atoms with Gasteiger partial charge in [-0.1, -0.05) is 60.8 Å². The molecular formula is C27H28N4O2. The predicted octanol–water partition coefficient (Wildman–Crippen LogP) is 6.81. The topological polar surface area (TPSA) is 73.1 Å². The molecule has 2 aromatic carbocycles. The van der Waals surface area contributed by atoms with Crippen LogP contribution >= 0.6 is 0 Å². The molecule has 5 rings (SSSR count). The van der Waals surface area contributed by atoms with Gasteiger partial charge in [0.25, 0.3) is 0 Å². The molecule has 0 atom stereocenters. The van der Waals surface area contributed by atoms with Gasteiger partial charge < -0.3 is 14.6 Å². The van der Waals surface area contributed by atoms with E-state index in [9.17, 15) is 0 Å². The molecule has 0 saturated heterocycles. The van der Waals surface area contributed by atoms with Crippen LogP contribution in [-0.4, -0.2) is 15.1 Å². The van der Waals surface area contributed by atoms with E-state index in [0.717, 1.165) is 52.6 Å². The van der Waals surface area contributed by atoms with Crippen molar-refractivity contribution in [2.75, 3.05) is 5.32 Å². The third-order valence-electron chi connectivity index (χ3n) is 6.13. The molecule has 33 heavy (non-hydrogen) atoms. The van der Waals surface area contributed by atoms with Gasteiger partial charge >= 0.3 is 0 Å². The van der Waals surface area contributed by atoms with Crippen molar-refractivity contribution < 1.29 is 9.26 Å². The van der Waals surface area contributed by atoms with Gasteiger partial charge in [0.2, 0.25) is 5.95 Å². The highest BCUT2D eigenvalue weighted by molar-refractivity contribution is 5.66. The quantitative estimate of drug-likeness (QED) is 0.340. The fourth-order valence-electron chi connectivity index (χ4n) is 4.45. The maximum atomic E-state index is 5.95. The highest BCUT2D eigenvalue weighted by Gasteiger charge is 2.25. The number of nitrogens with zero attached hydrogens (tertiary/aromatic N) is 3. The van der Waals surface area contributed by atoms with Crippen molar-refractivity contribution >= 4 is 11.6 Å². The number of aryl methyl sites for hydroxylation is 1. The van der Waals surface area contributed by atoms with Crippen molar-refractivity contribution in [2.24, 2.45) is 0 Å². The van der Waals surface area contributed by atoms with Gasteiger partial charge in [-0.05, 0) is 43.5 Å². The first-order valence-electron chi connectivity index (χ1n) is 11.6. The molecule has 6 heteroatoms. The Bertz CT molecular complexity index is 1200. The molecule has 1 aliphatic rings. The molecule has 0 bridgehead atoms. The zero-order valence-corrected chi connectivity index (χ0v) is 18.8. The van der Waals surface area contributed by atoms with Crippen molar-refractivity contribution in [2.45, 2.75) is 51.6 Å². The highest BCUT2D eigenvalue weighted by atomic mass is 16.5. The molecule has 1 saturated carbocycles. The number of rotatable bonds is 7. The maximum Gasteiger partial charge on any atom is 0.227 e. The van der Waals surface area contributed by atoms with Crippen LogP contribution in [-0.2, 0) is 6.61 Å². The summed E-state index contributed by atoms with van der Waals surface area (Å²) < 4.78 is 11.5. The molecule has 4 aromatic rings. The molecule has 6 nitrogen and oxygen atoms in total. The molecule has 2 heterocycles. The van der Waals surface area contributed by atoms with Gasteiger partial charge in [0, 0.05) is 23.9 Å². The molecule has 2 aromatic heterocycles. The van der Waals surface area contributed by atoms with Crippen LogP contribution in [0.5, 0.6) is 5.75 Å². The minimum atomic E-state index is 0.441. The van der Waals surface area contributed by atoms with E-state index in [2.05, 4.69) is 27.6 Å². The SMILES string of the molecule is Cc1onc(C2CCCCC2)c1-c1ccnc(Nc2cccc(OCc3ccccc3)c2)n1. The van der Waals surface area contributed by atoms with Crippen LogP contribution in [0.25, 0.3) is 11.3 Å². The Balaban J connectivity index is 1.33. The van der Waals surface area contributed by atoms with Crippen molar-refractivity contribution in [3.63, 3.8) is 0 Å². The number of aromatic nitrogens is 3. The van der Waals surface area contributed by atoms with Gasteiger partial charge in [-0.2, -0.15) is 0 Å². The highest BCUT2D eigenvalue weighted by Crippen LogP contribution is 2.38. The van der Waals surface area contributed by atoms with Crippen molar-refractivity contribution in [3.05, 3.63) is 83.9 Å². The normalized spacial score (nSPS) is 14.2. The second-order valence-corrected chi connectivity index (χ2v) is 8.53. The number of nitrogens with one attached hydrogen (secondary N) is 1. The van der Waals surface area contributed by atoms with Gasteiger partial charge in [-0.25, -0.2) is 9.97 Å². The second kappa shape index (κ2) is 9.86. The Morgan fingerprint density at radius 2 is 1.85 bits per heavy atom. The van der Waals surface area contributed by atoms with Crippen LogP contribution in [0.2, 0.25) is 0 Å². The first-order valence-corrected chi connectivity index (χ1v) is 11.6. The number of anilines is 2. The van der Waals surface area contributed by atoms with E-state index in [1.54, 1.807) is 6.20 Å². The number of benzene rings is 2. The van der Waals surface area contributed by atoms with E-state index in [1.807, 2.05) is 55.5 Å². The Hall–Kier alpha value is -3.67. The van der Waals surface area contributed by atoms with Crippen LogP contribution in [0.4, 0.5) is 11.6 Å². The molecule has 1 fully saturated rings. The van der Waals surface area contributed by atoms with Crippen LogP contribution < -0.4 is 10.1 Å². The molecule has 0 spiro atoms. The largest absolute Gasteiger partial charge is 0.489 e. The first-order chi connectivity index (χ1) is 16.3. The summed E-state index contributed by atoms with van der Waals surface area (Å²) in [5.41, 5.74) is 4.88. The maximum absolute atomic E-state index is 5.95. The van der Waals surface area contributed by atoms with E-state index in [0.29, 0.717) is 18.5 Å². The molecular weight excluding hydrogens is 412 g/mol. The Kier molecular flexibility index (Phi) is 6.33. The third kappa shape index (κ3) is 5.06. The van der Waals surface area contributed by atoms with E-state index < -0.39 is 0 Å². The number of hydrogen-bond donors (Lipinski definition) is 1. The lowest BCUT2D eigenvalue weighted by Gasteiger charge is -2.20. The summed E-state index contributed by atoms with van der Waals surface area (Å²) in [6.45, 7) is 2.48. The number of hydrogen-bond acceptors (Lipinski definition) is 6. The van der Waals surface area contributed by atoms with E-state index >= 15 is 0 Å². The van der Waals surface area contributed by atoms with Crippen LogP contribution in [0.3, 0.4) is 0 Å². The summed E-state index contributed by atoms with van der Waals surface area (Å²) in [4.78, 5) is 9.21. The summed E-state index contributed by atoms with van der Waals surface area (Å²) in [6.07, 6.45) is 7.89. The molecule has 1 aliphatic carbocycles. The first kappa shape index (κ1) is 21.2. The zero-order chi connectivity index (χ0) is 22.5. The van der Waals surface area contributed by atoms with E-state index in [1.165, 1.54) is 19.3 Å². The monoisotopic (exact) mass is 440 g/mol. The van der Waals surface area contributed by atoms with Crippen LogP contribution in [0.15, 0.2) is 71.4 Å². The lowest BCUT2D eigenvalue weighted by Crippen LogP contribution is -2.07. The van der Waals surface area contributed by atoms with Gasteiger partial charge in [0.15, 0.2) is 0 Å². The smallest absolute Gasteiger partial charge is 0.227 e. The Morgan fingerprint density at radius 1 is 1.00 bits per heavy atom. The fourth-order valence-corrected chi connectivity index (χ4v) is 4.45. The zero-order valence-electron chi connectivity index (χ0n) is 18.8. The molecule has 168 valence electrons. The van der Waals surface area contributed by atoms with E-state index in [4.69, 9.17) is 14.2 Å². The Labute approximate surface area is 194 Å². The predicted molar refractivity (Wildman–Crippen MR) is 129 cm³/mol. The van der Waals surface area contributed by atoms with Gasteiger partial charge in [0.05, 0.1) is 17.0 Å². The average molecular weight is 441 g/mol. The third-order valence-corrected chi connectivity index (χ3v) is 6.13. The van der Waals surface area contributed by atoms with Gasteiger partial charge in [-0.15, -0.1) is 0 Å². The lowest BCUT2D eigenvalue weighted by atomic mass is 9.85. The van der Waals surface area contributed by atoms with Crippen LogP contribution in [0.1, 0.15) is 55.0 Å². The van der Waals surface area contributed by atoms with Crippen molar-refractivity contribution in [3.8, 4) is 17.0 Å². The summed E-state index contributed by atoms with van der Waals surface area (Å²) in [5.74, 6) is 2.56. The fraction of sp³-hybridized carbons (Fsp3) is 0.296. The summed E-state index contributed by atoms with van der Waals surface area (Å²) in [7, 11) is 0. The molecule has 0 amide bonds. The molecule has 0 unspecified atom stereocenters. The van der Waals surface area contributed by atoms with Crippen molar-refractivity contribution in [1.29, 1.82) is 0 Å². The average Bonchev–Trinajstić information content (AvgIpc) is 3.26. The van der Waals surface area contributed by atoms with Gasteiger partial charge in [0.1, 0.15) is 18.1 Å². The number of ether oxygens (including phenoxy) is 1. The minimum Gasteiger partial charge on any atom is -0.489 e. The van der Waals surface area contributed by atoms with E-state index in [-0.39, 0.29) is 0 Å².